The number of carboxylic acids is 1. The van der Waals surface area contributed by atoms with Crippen molar-refractivity contribution in [1.82, 2.24) is 4.90 Å². The van der Waals surface area contributed by atoms with E-state index in [9.17, 15) is 39.7 Å². The minimum Gasteiger partial charge on any atom is -0.480 e. The normalized spacial score (nSPS) is 17.4. The molecule has 0 saturated heterocycles. The Bertz CT molecular complexity index is 1570. The standard InChI is InChI=1S/C27H21Br2N3O9/c28-13-9-15(27(16(29)10-13)41-22-8-7-14(31(37)38)11-19(22)32(39)40)24-25-17(3-1-5-20(25)33)30(12-23(35)36)18-4-2-6-21(34)26(18)24/h7-11,24H,1-6,12H2,(H,35,36). The summed E-state index contributed by atoms with van der Waals surface area (Å²) in [5, 5.41) is 32.7. The number of carboxylic acid groups (broad SMARTS) is 1. The zero-order chi connectivity index (χ0) is 29.6. The lowest BCUT2D eigenvalue weighted by atomic mass is 9.70. The minimum absolute atomic E-state index is 0.0808. The number of ketones is 2. The molecule has 0 aromatic heterocycles. The van der Waals surface area contributed by atoms with Gasteiger partial charge in [0, 0.05) is 57.4 Å². The van der Waals surface area contributed by atoms with Crippen LogP contribution >= 0.6 is 31.9 Å². The number of Topliss-reactive ketones (excluding diaryl/α,β-unsaturated/α-hetero) is 2. The fraction of sp³-hybridized carbons (Fsp3) is 0.296. The van der Waals surface area contributed by atoms with Gasteiger partial charge in [-0.1, -0.05) is 15.9 Å². The molecule has 3 aliphatic rings. The van der Waals surface area contributed by atoms with Crippen molar-refractivity contribution in [3.63, 3.8) is 0 Å². The molecule has 2 aromatic rings. The SMILES string of the molecule is O=C(O)CN1C2=C(C(=O)CCC2)C(c2cc(Br)cc(Br)c2Oc2ccc([N+](=O)[O-])cc2[N+](=O)[O-])C2=C1CCCC2=O. The molecule has 2 aliphatic carbocycles. The van der Waals surface area contributed by atoms with E-state index in [1.54, 1.807) is 17.0 Å². The second kappa shape index (κ2) is 11.2. The molecule has 212 valence electrons. The Hall–Kier alpha value is -3.91. The molecule has 0 unspecified atom stereocenters. The molecule has 41 heavy (non-hydrogen) atoms. The first-order valence-corrected chi connectivity index (χ1v) is 14.2. The highest BCUT2D eigenvalue weighted by Crippen LogP contribution is 2.53. The lowest BCUT2D eigenvalue weighted by molar-refractivity contribution is -0.394. The highest BCUT2D eigenvalue weighted by molar-refractivity contribution is 9.11. The highest BCUT2D eigenvalue weighted by atomic mass is 79.9. The van der Waals surface area contributed by atoms with Crippen molar-refractivity contribution in [2.75, 3.05) is 6.54 Å². The molecular weight excluding hydrogens is 670 g/mol. The van der Waals surface area contributed by atoms with E-state index < -0.39 is 39.7 Å². The first-order chi connectivity index (χ1) is 19.5. The second-order valence-electron chi connectivity index (χ2n) is 9.76. The summed E-state index contributed by atoms with van der Waals surface area (Å²) < 4.78 is 7.00. The number of nitro groups is 2. The van der Waals surface area contributed by atoms with E-state index in [0.717, 1.165) is 18.2 Å². The van der Waals surface area contributed by atoms with Crippen LogP contribution in [0.25, 0.3) is 0 Å². The number of nitro benzene ring substituents is 2. The molecule has 5 rings (SSSR count). The van der Waals surface area contributed by atoms with Gasteiger partial charge in [0.15, 0.2) is 11.6 Å². The molecule has 12 nitrogen and oxygen atoms in total. The zero-order valence-corrected chi connectivity index (χ0v) is 24.4. The van der Waals surface area contributed by atoms with Crippen LogP contribution in [-0.2, 0) is 14.4 Å². The van der Waals surface area contributed by atoms with Gasteiger partial charge in [-0.25, -0.2) is 0 Å². The first-order valence-electron chi connectivity index (χ1n) is 12.6. The number of carbonyl (C=O) groups is 3. The molecule has 0 atom stereocenters. The molecule has 2 aromatic carbocycles. The van der Waals surface area contributed by atoms with Gasteiger partial charge in [0.1, 0.15) is 12.3 Å². The number of hydrogen-bond donors (Lipinski definition) is 1. The maximum Gasteiger partial charge on any atom is 0.323 e. The van der Waals surface area contributed by atoms with E-state index >= 15 is 0 Å². The van der Waals surface area contributed by atoms with Crippen molar-refractivity contribution in [2.24, 2.45) is 0 Å². The highest BCUT2D eigenvalue weighted by Gasteiger charge is 2.45. The number of ether oxygens (including phenoxy) is 1. The summed E-state index contributed by atoms with van der Waals surface area (Å²) in [5.41, 5.74) is 0.933. The van der Waals surface area contributed by atoms with Crippen molar-refractivity contribution < 1.29 is 34.1 Å². The first kappa shape index (κ1) is 28.6. The third-order valence-electron chi connectivity index (χ3n) is 7.29. The van der Waals surface area contributed by atoms with Crippen molar-refractivity contribution in [3.8, 4) is 11.5 Å². The number of non-ortho nitro benzene ring substituents is 1. The molecule has 1 heterocycles. The molecule has 0 spiro atoms. The quantitative estimate of drug-likeness (QED) is 0.256. The number of nitrogens with zero attached hydrogens (tertiary/aromatic N) is 3. The Morgan fingerprint density at radius 1 is 0.951 bits per heavy atom. The monoisotopic (exact) mass is 689 g/mol. The number of rotatable bonds is 7. The number of carbonyl (C=O) groups excluding carboxylic acids is 2. The van der Waals surface area contributed by atoms with Crippen LogP contribution in [0.5, 0.6) is 11.5 Å². The molecule has 0 saturated carbocycles. The lowest BCUT2D eigenvalue weighted by Gasteiger charge is -2.43. The molecule has 0 radical (unpaired) electrons. The minimum atomic E-state index is -1.10. The zero-order valence-electron chi connectivity index (χ0n) is 21.2. The van der Waals surface area contributed by atoms with Crippen LogP contribution in [0.3, 0.4) is 0 Å². The smallest absolute Gasteiger partial charge is 0.323 e. The maximum atomic E-state index is 13.5. The number of aliphatic carboxylic acids is 1. The molecule has 1 N–H and O–H groups in total. The van der Waals surface area contributed by atoms with E-state index in [1.807, 2.05) is 0 Å². The van der Waals surface area contributed by atoms with Crippen LogP contribution in [-0.4, -0.2) is 43.9 Å². The third kappa shape index (κ3) is 5.28. The van der Waals surface area contributed by atoms with E-state index in [2.05, 4.69) is 31.9 Å². The molecule has 0 bridgehead atoms. The summed E-state index contributed by atoms with van der Waals surface area (Å²) >= 11 is 6.90. The average Bonchev–Trinajstić information content (AvgIpc) is 2.90. The molecule has 1 aliphatic heterocycles. The van der Waals surface area contributed by atoms with Gasteiger partial charge >= 0.3 is 11.7 Å². The lowest BCUT2D eigenvalue weighted by Crippen LogP contribution is -2.41. The van der Waals surface area contributed by atoms with Gasteiger partial charge in [0.05, 0.1) is 20.4 Å². The Kier molecular flexibility index (Phi) is 7.79. The summed E-state index contributed by atoms with van der Waals surface area (Å²) in [6.45, 7) is -0.397. The molecule has 14 heteroatoms. The van der Waals surface area contributed by atoms with Gasteiger partial charge in [0.2, 0.25) is 5.75 Å². The second-order valence-corrected chi connectivity index (χ2v) is 11.5. The van der Waals surface area contributed by atoms with Gasteiger partial charge in [-0.3, -0.25) is 34.6 Å². The van der Waals surface area contributed by atoms with E-state index in [4.69, 9.17) is 4.74 Å². The largest absolute Gasteiger partial charge is 0.480 e. The van der Waals surface area contributed by atoms with Crippen LogP contribution in [0.1, 0.15) is 50.0 Å². The Balaban J connectivity index is 1.76. The number of allylic oxidation sites excluding steroid dienone is 4. The van der Waals surface area contributed by atoms with E-state index in [0.29, 0.717) is 62.7 Å². The van der Waals surface area contributed by atoms with E-state index in [1.165, 1.54) is 0 Å². The Labute approximate surface area is 249 Å². The predicted molar refractivity (Wildman–Crippen MR) is 151 cm³/mol. The molecule has 0 amide bonds. The van der Waals surface area contributed by atoms with Crippen LogP contribution in [0.4, 0.5) is 11.4 Å². The summed E-state index contributed by atoms with van der Waals surface area (Å²) in [6, 6.07) is 6.29. The number of benzene rings is 2. The summed E-state index contributed by atoms with van der Waals surface area (Å²) in [5.74, 6) is -2.65. The fourth-order valence-electron chi connectivity index (χ4n) is 5.71. The van der Waals surface area contributed by atoms with Crippen molar-refractivity contribution in [2.45, 2.75) is 44.4 Å². The summed E-state index contributed by atoms with van der Waals surface area (Å²) in [6.07, 6.45) is 2.36. The Morgan fingerprint density at radius 3 is 2.10 bits per heavy atom. The van der Waals surface area contributed by atoms with Crippen LogP contribution < -0.4 is 4.74 Å². The maximum absolute atomic E-state index is 13.5. The van der Waals surface area contributed by atoms with Crippen LogP contribution in [0.2, 0.25) is 0 Å². The summed E-state index contributed by atoms with van der Waals surface area (Å²) in [4.78, 5) is 62.0. The van der Waals surface area contributed by atoms with Gasteiger partial charge in [-0.05, 0) is 59.8 Å². The summed E-state index contributed by atoms with van der Waals surface area (Å²) in [7, 11) is 0. The van der Waals surface area contributed by atoms with Crippen molar-refractivity contribution >= 4 is 60.8 Å². The van der Waals surface area contributed by atoms with Crippen LogP contribution in [0.15, 0.2) is 61.8 Å². The predicted octanol–water partition coefficient (Wildman–Crippen LogP) is 6.32. The topological polar surface area (TPSA) is 170 Å². The number of hydrogen-bond acceptors (Lipinski definition) is 9. The molecular formula is C27H21Br2N3O9. The fourth-order valence-corrected chi connectivity index (χ4v) is 7.05. The average molecular weight is 691 g/mol. The number of halogens is 2. The molecule has 0 fully saturated rings. The van der Waals surface area contributed by atoms with Gasteiger partial charge in [0.25, 0.3) is 5.69 Å². The van der Waals surface area contributed by atoms with Crippen molar-refractivity contribution in [3.05, 3.63) is 87.6 Å². The van der Waals surface area contributed by atoms with Gasteiger partial charge < -0.3 is 14.7 Å². The van der Waals surface area contributed by atoms with Crippen LogP contribution in [0, 0.1) is 20.2 Å². The van der Waals surface area contributed by atoms with Gasteiger partial charge in [-0.2, -0.15) is 0 Å². The van der Waals surface area contributed by atoms with Crippen molar-refractivity contribution in [1.29, 1.82) is 0 Å². The Morgan fingerprint density at radius 2 is 1.56 bits per heavy atom. The van der Waals surface area contributed by atoms with Gasteiger partial charge in [-0.15, -0.1) is 0 Å². The third-order valence-corrected chi connectivity index (χ3v) is 8.34. The van der Waals surface area contributed by atoms with E-state index in [-0.39, 0.29) is 35.9 Å².